The number of para-hydroxylation sites is 1. The molecule has 0 bridgehead atoms. The van der Waals surface area contributed by atoms with Crippen molar-refractivity contribution in [2.45, 2.75) is 19.4 Å². The number of nitrogens with zero attached hydrogens (tertiary/aromatic N) is 1. The Labute approximate surface area is 126 Å². The first-order valence-corrected chi connectivity index (χ1v) is 7.54. The Morgan fingerprint density at radius 1 is 1.48 bits per heavy atom. The van der Waals surface area contributed by atoms with Gasteiger partial charge in [0, 0.05) is 39.0 Å². The highest BCUT2D eigenvalue weighted by atomic mass is 16.5. The SMILES string of the molecule is COCCNCc1ccccc1N1CCCC(C(N)=O)C1. The normalized spacial score (nSPS) is 18.7. The number of anilines is 1. The molecule has 1 aromatic carbocycles. The molecule has 3 N–H and O–H groups in total. The van der Waals surface area contributed by atoms with E-state index in [1.54, 1.807) is 7.11 Å². The van der Waals surface area contributed by atoms with Crippen LogP contribution in [0.3, 0.4) is 0 Å². The number of rotatable bonds is 7. The third kappa shape index (κ3) is 4.44. The van der Waals surface area contributed by atoms with Gasteiger partial charge in [0.15, 0.2) is 0 Å². The lowest BCUT2D eigenvalue weighted by molar-refractivity contribution is -0.122. The van der Waals surface area contributed by atoms with Crippen LogP contribution in [0.2, 0.25) is 0 Å². The quantitative estimate of drug-likeness (QED) is 0.739. The molecule has 1 atom stereocenters. The van der Waals surface area contributed by atoms with Gasteiger partial charge in [-0.1, -0.05) is 18.2 Å². The molecule has 1 unspecified atom stereocenters. The maximum Gasteiger partial charge on any atom is 0.222 e. The summed E-state index contributed by atoms with van der Waals surface area (Å²) in [5.74, 6) is -0.219. The van der Waals surface area contributed by atoms with Gasteiger partial charge in [0.1, 0.15) is 0 Å². The van der Waals surface area contributed by atoms with Gasteiger partial charge in [0.2, 0.25) is 5.91 Å². The van der Waals surface area contributed by atoms with Gasteiger partial charge in [-0.2, -0.15) is 0 Å². The average molecular weight is 291 g/mol. The second-order valence-electron chi connectivity index (χ2n) is 5.49. The van der Waals surface area contributed by atoms with Crippen molar-refractivity contribution >= 4 is 11.6 Å². The smallest absolute Gasteiger partial charge is 0.222 e. The Balaban J connectivity index is 2.02. The molecular formula is C16H25N3O2. The van der Waals surface area contributed by atoms with Gasteiger partial charge in [-0.25, -0.2) is 0 Å². The maximum atomic E-state index is 11.4. The number of primary amides is 1. The predicted octanol–water partition coefficient (Wildman–Crippen LogP) is 1.12. The Morgan fingerprint density at radius 3 is 3.05 bits per heavy atom. The molecule has 0 radical (unpaired) electrons. The molecule has 21 heavy (non-hydrogen) atoms. The largest absolute Gasteiger partial charge is 0.383 e. The standard InChI is InChI=1S/C16H25N3O2/c1-21-10-8-18-11-13-5-2-3-7-15(13)19-9-4-6-14(12-19)16(17)20/h2-3,5,7,14,18H,4,6,8-12H2,1H3,(H2,17,20). The summed E-state index contributed by atoms with van der Waals surface area (Å²) in [6, 6.07) is 8.34. The van der Waals surface area contributed by atoms with Crippen LogP contribution < -0.4 is 16.0 Å². The van der Waals surface area contributed by atoms with Crippen molar-refractivity contribution in [3.8, 4) is 0 Å². The molecule has 1 amide bonds. The Bertz CT molecular complexity index is 465. The molecule has 1 saturated heterocycles. The molecule has 1 aliphatic rings. The van der Waals surface area contributed by atoms with Crippen molar-refractivity contribution in [3.05, 3.63) is 29.8 Å². The van der Waals surface area contributed by atoms with Crippen LogP contribution in [0.25, 0.3) is 0 Å². The van der Waals surface area contributed by atoms with E-state index in [0.29, 0.717) is 6.61 Å². The fourth-order valence-corrected chi connectivity index (χ4v) is 2.79. The summed E-state index contributed by atoms with van der Waals surface area (Å²) in [6.45, 7) is 4.05. The van der Waals surface area contributed by atoms with E-state index in [9.17, 15) is 4.79 Å². The third-order valence-electron chi connectivity index (χ3n) is 3.95. The van der Waals surface area contributed by atoms with Crippen LogP contribution in [0.4, 0.5) is 5.69 Å². The number of hydrogen-bond donors (Lipinski definition) is 2. The van der Waals surface area contributed by atoms with Gasteiger partial charge in [0.05, 0.1) is 12.5 Å². The minimum absolute atomic E-state index is 0.0340. The van der Waals surface area contributed by atoms with E-state index in [0.717, 1.165) is 39.0 Å². The summed E-state index contributed by atoms with van der Waals surface area (Å²) in [5, 5.41) is 3.37. The van der Waals surface area contributed by atoms with E-state index in [-0.39, 0.29) is 11.8 Å². The maximum absolute atomic E-state index is 11.4. The molecule has 0 spiro atoms. The summed E-state index contributed by atoms with van der Waals surface area (Å²) in [4.78, 5) is 13.7. The molecule has 116 valence electrons. The molecule has 1 fully saturated rings. The monoisotopic (exact) mass is 291 g/mol. The molecule has 0 aromatic heterocycles. The zero-order valence-corrected chi connectivity index (χ0v) is 12.7. The molecule has 1 aromatic rings. The minimum atomic E-state index is -0.185. The Morgan fingerprint density at radius 2 is 2.29 bits per heavy atom. The molecule has 1 heterocycles. The van der Waals surface area contributed by atoms with Crippen molar-refractivity contribution in [3.63, 3.8) is 0 Å². The van der Waals surface area contributed by atoms with Crippen molar-refractivity contribution in [1.82, 2.24) is 5.32 Å². The second-order valence-corrected chi connectivity index (χ2v) is 5.49. The van der Waals surface area contributed by atoms with E-state index in [4.69, 9.17) is 10.5 Å². The first-order chi connectivity index (χ1) is 10.2. The number of nitrogens with one attached hydrogen (secondary N) is 1. The topological polar surface area (TPSA) is 67.6 Å². The first-order valence-electron chi connectivity index (χ1n) is 7.54. The number of hydrogen-bond acceptors (Lipinski definition) is 4. The van der Waals surface area contributed by atoms with Gasteiger partial charge < -0.3 is 20.7 Å². The van der Waals surface area contributed by atoms with Crippen molar-refractivity contribution in [2.24, 2.45) is 11.7 Å². The number of amides is 1. The zero-order chi connectivity index (χ0) is 15.1. The van der Waals surface area contributed by atoms with E-state index < -0.39 is 0 Å². The van der Waals surface area contributed by atoms with Crippen LogP contribution >= 0.6 is 0 Å². The first kappa shape index (κ1) is 15.8. The van der Waals surface area contributed by atoms with E-state index in [1.807, 2.05) is 12.1 Å². The zero-order valence-electron chi connectivity index (χ0n) is 12.7. The molecular weight excluding hydrogens is 266 g/mol. The van der Waals surface area contributed by atoms with Crippen LogP contribution in [-0.4, -0.2) is 39.3 Å². The van der Waals surface area contributed by atoms with E-state index in [1.165, 1.54) is 11.3 Å². The molecule has 5 nitrogen and oxygen atoms in total. The molecule has 5 heteroatoms. The second kappa shape index (κ2) is 8.00. The fraction of sp³-hybridized carbons (Fsp3) is 0.562. The van der Waals surface area contributed by atoms with Crippen LogP contribution in [0.5, 0.6) is 0 Å². The average Bonchev–Trinajstić information content (AvgIpc) is 2.52. The van der Waals surface area contributed by atoms with Crippen LogP contribution in [0, 0.1) is 5.92 Å². The summed E-state index contributed by atoms with van der Waals surface area (Å²) >= 11 is 0. The van der Waals surface area contributed by atoms with Gasteiger partial charge in [-0.3, -0.25) is 4.79 Å². The van der Waals surface area contributed by atoms with Crippen molar-refractivity contribution in [1.29, 1.82) is 0 Å². The van der Waals surface area contributed by atoms with E-state index >= 15 is 0 Å². The summed E-state index contributed by atoms with van der Waals surface area (Å²) in [7, 11) is 1.70. The van der Waals surface area contributed by atoms with Crippen LogP contribution in [-0.2, 0) is 16.1 Å². The highest BCUT2D eigenvalue weighted by molar-refractivity contribution is 5.77. The third-order valence-corrected chi connectivity index (χ3v) is 3.95. The fourth-order valence-electron chi connectivity index (χ4n) is 2.79. The van der Waals surface area contributed by atoms with Crippen LogP contribution in [0.15, 0.2) is 24.3 Å². The minimum Gasteiger partial charge on any atom is -0.383 e. The van der Waals surface area contributed by atoms with Gasteiger partial charge in [-0.15, -0.1) is 0 Å². The predicted molar refractivity (Wildman–Crippen MR) is 84.2 cm³/mol. The number of piperidine rings is 1. The number of carbonyl (C=O) groups is 1. The Hall–Kier alpha value is -1.59. The Kier molecular flexibility index (Phi) is 6.02. The number of nitrogens with two attached hydrogens (primary N) is 1. The lowest BCUT2D eigenvalue weighted by Crippen LogP contribution is -2.41. The van der Waals surface area contributed by atoms with E-state index in [2.05, 4.69) is 22.3 Å². The van der Waals surface area contributed by atoms with Crippen molar-refractivity contribution in [2.75, 3.05) is 38.3 Å². The lowest BCUT2D eigenvalue weighted by atomic mass is 9.96. The molecule has 0 aliphatic carbocycles. The summed E-state index contributed by atoms with van der Waals surface area (Å²) in [6.07, 6.45) is 1.92. The van der Waals surface area contributed by atoms with Gasteiger partial charge in [-0.05, 0) is 24.5 Å². The van der Waals surface area contributed by atoms with Crippen LogP contribution in [0.1, 0.15) is 18.4 Å². The molecule has 0 saturated carbocycles. The highest BCUT2D eigenvalue weighted by Gasteiger charge is 2.25. The number of benzene rings is 1. The highest BCUT2D eigenvalue weighted by Crippen LogP contribution is 2.26. The lowest BCUT2D eigenvalue weighted by Gasteiger charge is -2.34. The van der Waals surface area contributed by atoms with Gasteiger partial charge >= 0.3 is 0 Å². The number of carbonyl (C=O) groups excluding carboxylic acids is 1. The van der Waals surface area contributed by atoms with Crippen molar-refractivity contribution < 1.29 is 9.53 Å². The molecule has 2 rings (SSSR count). The molecule has 1 aliphatic heterocycles. The summed E-state index contributed by atoms with van der Waals surface area (Å²) < 4.78 is 5.04. The summed E-state index contributed by atoms with van der Waals surface area (Å²) in [5.41, 5.74) is 7.92. The number of methoxy groups -OCH3 is 1. The number of ether oxygens (including phenoxy) is 1. The van der Waals surface area contributed by atoms with Gasteiger partial charge in [0.25, 0.3) is 0 Å².